The molecule has 2 aliphatic rings. The average molecular weight is 393 g/mol. The van der Waals surface area contributed by atoms with Gasteiger partial charge in [-0.1, -0.05) is 12.1 Å². The number of rotatable bonds is 8. The minimum absolute atomic E-state index is 0.286. The summed E-state index contributed by atoms with van der Waals surface area (Å²) in [5, 5.41) is 6.72. The van der Waals surface area contributed by atoms with E-state index in [-0.39, 0.29) is 6.10 Å². The van der Waals surface area contributed by atoms with Crippen LogP contribution >= 0.6 is 11.8 Å². The molecule has 2 heterocycles. The van der Waals surface area contributed by atoms with Gasteiger partial charge in [0, 0.05) is 63.6 Å². The molecule has 1 aromatic rings. The average Bonchev–Trinajstić information content (AvgIpc) is 3.25. The molecule has 0 aromatic heterocycles. The number of nitrogens with one attached hydrogen (secondary N) is 2. The van der Waals surface area contributed by atoms with Crippen LogP contribution in [0.2, 0.25) is 0 Å². The van der Waals surface area contributed by atoms with E-state index in [1.807, 2.05) is 11.8 Å². The van der Waals surface area contributed by atoms with E-state index in [1.54, 1.807) is 7.05 Å². The number of anilines is 1. The molecule has 27 heavy (non-hydrogen) atoms. The van der Waals surface area contributed by atoms with Gasteiger partial charge >= 0.3 is 0 Å². The first-order valence-corrected chi connectivity index (χ1v) is 11.1. The first-order chi connectivity index (χ1) is 13.3. The van der Waals surface area contributed by atoms with Crippen LogP contribution in [0, 0.1) is 0 Å². The lowest BCUT2D eigenvalue weighted by Crippen LogP contribution is -2.37. The normalized spacial score (nSPS) is 20.7. The monoisotopic (exact) mass is 392 g/mol. The Balaban J connectivity index is 1.32. The molecular weight excluding hydrogens is 360 g/mol. The molecule has 0 spiro atoms. The molecule has 2 saturated heterocycles. The fourth-order valence-corrected chi connectivity index (χ4v) is 4.13. The zero-order valence-corrected chi connectivity index (χ0v) is 17.1. The summed E-state index contributed by atoms with van der Waals surface area (Å²) in [6, 6.07) is 8.87. The van der Waals surface area contributed by atoms with Gasteiger partial charge in [-0.25, -0.2) is 0 Å². The third-order valence-electron chi connectivity index (χ3n) is 4.85. The predicted octanol–water partition coefficient (Wildman–Crippen LogP) is 2.10. The van der Waals surface area contributed by atoms with Gasteiger partial charge in [0.25, 0.3) is 0 Å². The number of hydrogen-bond donors (Lipinski definition) is 2. The third kappa shape index (κ3) is 6.90. The number of nitrogens with zero attached hydrogens (tertiary/aromatic N) is 2. The minimum atomic E-state index is 0.286. The molecule has 0 bridgehead atoms. The summed E-state index contributed by atoms with van der Waals surface area (Å²) in [5.74, 6) is 3.28. The molecule has 1 atom stereocenters. The molecule has 2 aliphatic heterocycles. The van der Waals surface area contributed by atoms with Crippen molar-refractivity contribution < 1.29 is 9.47 Å². The highest BCUT2D eigenvalue weighted by Gasteiger charge is 2.15. The number of hydrogen-bond acceptors (Lipinski definition) is 5. The van der Waals surface area contributed by atoms with E-state index in [0.29, 0.717) is 0 Å². The van der Waals surface area contributed by atoms with Gasteiger partial charge < -0.3 is 25.0 Å². The summed E-state index contributed by atoms with van der Waals surface area (Å²) in [7, 11) is 1.80. The van der Waals surface area contributed by atoms with Gasteiger partial charge in [0.05, 0.1) is 12.7 Å². The van der Waals surface area contributed by atoms with Crippen molar-refractivity contribution in [2.45, 2.75) is 25.5 Å². The van der Waals surface area contributed by atoms with Crippen LogP contribution in [-0.2, 0) is 16.0 Å². The van der Waals surface area contributed by atoms with Gasteiger partial charge in [0.1, 0.15) is 0 Å². The van der Waals surface area contributed by atoms with Gasteiger partial charge in [-0.2, -0.15) is 11.8 Å². The number of ether oxygens (including phenoxy) is 2. The van der Waals surface area contributed by atoms with Gasteiger partial charge in [0.2, 0.25) is 0 Å². The molecule has 3 rings (SSSR count). The maximum absolute atomic E-state index is 5.78. The number of guanidine groups is 1. The molecule has 1 aromatic carbocycles. The summed E-state index contributed by atoms with van der Waals surface area (Å²) < 4.78 is 11.1. The molecule has 150 valence electrons. The fourth-order valence-electron chi connectivity index (χ4n) is 3.23. The van der Waals surface area contributed by atoms with Crippen LogP contribution in [0.1, 0.15) is 18.4 Å². The van der Waals surface area contributed by atoms with Crippen LogP contribution in [0.4, 0.5) is 5.69 Å². The largest absolute Gasteiger partial charge is 0.379 e. The van der Waals surface area contributed by atoms with Crippen LogP contribution in [0.3, 0.4) is 0 Å². The van der Waals surface area contributed by atoms with Crippen LogP contribution in [0.25, 0.3) is 0 Å². The van der Waals surface area contributed by atoms with Crippen molar-refractivity contribution in [1.29, 1.82) is 0 Å². The van der Waals surface area contributed by atoms with Crippen molar-refractivity contribution in [2.24, 2.45) is 4.99 Å². The molecule has 0 saturated carbocycles. The van der Waals surface area contributed by atoms with Gasteiger partial charge in [-0.15, -0.1) is 0 Å². The standard InChI is InChI=1S/C20H32N4O2S/c1-21-20(22-8-2-11-26-19-7-12-25-16-19)23-15-17-3-5-18(6-4-17)24-9-13-27-14-10-24/h3-6,19H,2,7-16H2,1H3,(H2,21,22,23). The molecule has 0 amide bonds. The molecule has 2 fully saturated rings. The lowest BCUT2D eigenvalue weighted by atomic mass is 10.2. The van der Waals surface area contributed by atoms with Crippen LogP contribution in [0.5, 0.6) is 0 Å². The van der Waals surface area contributed by atoms with E-state index in [0.717, 1.165) is 64.8 Å². The first kappa shape index (κ1) is 20.3. The Labute approximate surface area is 167 Å². The van der Waals surface area contributed by atoms with Gasteiger partial charge in [0.15, 0.2) is 5.96 Å². The second kappa shape index (κ2) is 11.4. The Morgan fingerprint density at radius 1 is 1.26 bits per heavy atom. The highest BCUT2D eigenvalue weighted by molar-refractivity contribution is 7.99. The second-order valence-electron chi connectivity index (χ2n) is 6.83. The Morgan fingerprint density at radius 3 is 2.78 bits per heavy atom. The molecule has 0 radical (unpaired) electrons. The summed E-state index contributed by atoms with van der Waals surface area (Å²) in [6.45, 7) is 6.25. The van der Waals surface area contributed by atoms with Crippen molar-refractivity contribution in [1.82, 2.24) is 10.6 Å². The zero-order chi connectivity index (χ0) is 18.7. The van der Waals surface area contributed by atoms with Gasteiger partial charge in [-0.3, -0.25) is 4.99 Å². The van der Waals surface area contributed by atoms with Crippen molar-refractivity contribution >= 4 is 23.4 Å². The summed E-state index contributed by atoms with van der Waals surface area (Å²) in [6.07, 6.45) is 2.26. The zero-order valence-electron chi connectivity index (χ0n) is 16.3. The van der Waals surface area contributed by atoms with Crippen molar-refractivity contribution in [2.75, 3.05) is 62.9 Å². The maximum Gasteiger partial charge on any atom is 0.191 e. The topological polar surface area (TPSA) is 58.1 Å². The van der Waals surface area contributed by atoms with E-state index in [9.17, 15) is 0 Å². The summed E-state index contributed by atoms with van der Waals surface area (Å²) in [5.41, 5.74) is 2.59. The van der Waals surface area contributed by atoms with E-state index >= 15 is 0 Å². The Hall–Kier alpha value is -1.44. The number of thioether (sulfide) groups is 1. The molecular formula is C20H32N4O2S. The fraction of sp³-hybridized carbons (Fsp3) is 0.650. The maximum atomic E-state index is 5.78. The van der Waals surface area contributed by atoms with E-state index in [1.165, 1.54) is 22.8 Å². The third-order valence-corrected chi connectivity index (χ3v) is 5.79. The van der Waals surface area contributed by atoms with Crippen LogP contribution in [0.15, 0.2) is 29.3 Å². The molecule has 0 aliphatic carbocycles. The van der Waals surface area contributed by atoms with Crippen molar-refractivity contribution in [3.63, 3.8) is 0 Å². The Kier molecular flexibility index (Phi) is 8.58. The van der Waals surface area contributed by atoms with E-state index in [4.69, 9.17) is 9.47 Å². The first-order valence-electron chi connectivity index (χ1n) is 9.90. The molecule has 7 heteroatoms. The highest BCUT2D eigenvalue weighted by Crippen LogP contribution is 2.19. The van der Waals surface area contributed by atoms with E-state index in [2.05, 4.69) is 44.8 Å². The predicted molar refractivity (Wildman–Crippen MR) is 114 cm³/mol. The minimum Gasteiger partial charge on any atom is -0.379 e. The number of benzene rings is 1. The molecule has 2 N–H and O–H groups in total. The molecule has 6 nitrogen and oxygen atoms in total. The molecule has 1 unspecified atom stereocenters. The smallest absolute Gasteiger partial charge is 0.191 e. The van der Waals surface area contributed by atoms with Gasteiger partial charge in [-0.05, 0) is 30.5 Å². The quantitative estimate of drug-likeness (QED) is 0.401. The summed E-state index contributed by atoms with van der Waals surface area (Å²) in [4.78, 5) is 6.76. The SMILES string of the molecule is CN=C(NCCCOC1CCOC1)NCc1ccc(N2CCSCC2)cc1. The number of aliphatic imine (C=N–C) groups is 1. The Bertz CT molecular complexity index is 570. The van der Waals surface area contributed by atoms with Crippen molar-refractivity contribution in [3.8, 4) is 0 Å². The van der Waals surface area contributed by atoms with Crippen LogP contribution < -0.4 is 15.5 Å². The lowest BCUT2D eigenvalue weighted by Gasteiger charge is -2.28. The lowest BCUT2D eigenvalue weighted by molar-refractivity contribution is 0.0420. The van der Waals surface area contributed by atoms with Crippen LogP contribution in [-0.4, -0.2) is 70.1 Å². The second-order valence-corrected chi connectivity index (χ2v) is 8.05. The van der Waals surface area contributed by atoms with Crippen molar-refractivity contribution in [3.05, 3.63) is 29.8 Å². The summed E-state index contributed by atoms with van der Waals surface area (Å²) >= 11 is 2.04. The highest BCUT2D eigenvalue weighted by atomic mass is 32.2. The Morgan fingerprint density at radius 2 is 2.07 bits per heavy atom. The van der Waals surface area contributed by atoms with E-state index < -0.39 is 0 Å².